The van der Waals surface area contributed by atoms with Gasteiger partial charge in [0.1, 0.15) is 5.75 Å². The molecule has 0 aliphatic rings. The van der Waals surface area contributed by atoms with Gasteiger partial charge < -0.3 is 4.74 Å². The smallest absolute Gasteiger partial charge is 0.119 e. The molecule has 0 spiro atoms. The van der Waals surface area contributed by atoms with E-state index in [9.17, 15) is 0 Å². The molecule has 0 fully saturated rings. The van der Waals surface area contributed by atoms with Gasteiger partial charge in [0.2, 0.25) is 0 Å². The molecule has 1 aromatic carbocycles. The summed E-state index contributed by atoms with van der Waals surface area (Å²) in [7, 11) is 0. The average molecular weight is 255 g/mol. The van der Waals surface area contributed by atoms with E-state index in [1.165, 1.54) is 5.56 Å². The minimum absolute atomic E-state index is 0.224. The topological polar surface area (TPSA) is 9.23 Å². The number of benzene rings is 1. The van der Waals surface area contributed by atoms with Crippen molar-refractivity contribution in [1.82, 2.24) is 0 Å². The molecule has 0 saturated heterocycles. The summed E-state index contributed by atoms with van der Waals surface area (Å²) in [5, 5.41) is 0.254. The van der Waals surface area contributed by atoms with Crippen molar-refractivity contribution in [2.24, 2.45) is 5.92 Å². The van der Waals surface area contributed by atoms with Crippen LogP contribution < -0.4 is 4.74 Å². The second-order valence-electron chi connectivity index (χ2n) is 5.11. The van der Waals surface area contributed by atoms with Gasteiger partial charge in [-0.05, 0) is 50.3 Å². The predicted octanol–water partition coefficient (Wildman–Crippen LogP) is 4.67. The first kappa shape index (κ1) is 14.4. The predicted molar refractivity (Wildman–Crippen MR) is 75.0 cm³/mol. The summed E-state index contributed by atoms with van der Waals surface area (Å²) in [5.74, 6) is 1.49. The zero-order valence-electron chi connectivity index (χ0n) is 11.2. The standard InChI is InChI=1S/C15H23ClO/c1-11(2)15(16)9-8-13-6-5-7-14(10-13)17-12(3)4/h5-7,10-12,15H,8-9H2,1-4H3. The Labute approximate surface area is 110 Å². The summed E-state index contributed by atoms with van der Waals surface area (Å²) in [6.07, 6.45) is 2.26. The van der Waals surface area contributed by atoms with Crippen LogP contribution in [0.4, 0.5) is 0 Å². The number of hydrogen-bond donors (Lipinski definition) is 0. The fourth-order valence-corrected chi connectivity index (χ4v) is 1.79. The van der Waals surface area contributed by atoms with Crippen molar-refractivity contribution in [2.45, 2.75) is 52.0 Å². The van der Waals surface area contributed by atoms with Crippen LogP contribution in [-0.4, -0.2) is 11.5 Å². The highest BCUT2D eigenvalue weighted by molar-refractivity contribution is 6.20. The molecule has 0 amide bonds. The molecule has 0 aromatic heterocycles. The van der Waals surface area contributed by atoms with E-state index in [0.29, 0.717) is 5.92 Å². The van der Waals surface area contributed by atoms with E-state index in [1.807, 2.05) is 26.0 Å². The normalized spacial score (nSPS) is 13.1. The number of aryl methyl sites for hydroxylation is 1. The fourth-order valence-electron chi connectivity index (χ4n) is 1.68. The summed E-state index contributed by atoms with van der Waals surface area (Å²) in [4.78, 5) is 0. The van der Waals surface area contributed by atoms with Crippen molar-refractivity contribution in [1.29, 1.82) is 0 Å². The van der Waals surface area contributed by atoms with Crippen molar-refractivity contribution in [3.05, 3.63) is 29.8 Å². The summed E-state index contributed by atoms with van der Waals surface area (Å²) < 4.78 is 5.68. The molecule has 0 aliphatic heterocycles. The van der Waals surface area contributed by atoms with Crippen LogP contribution in [0.15, 0.2) is 24.3 Å². The molecular formula is C15H23ClO. The Balaban J connectivity index is 2.54. The van der Waals surface area contributed by atoms with Gasteiger partial charge in [0.15, 0.2) is 0 Å². The third kappa shape index (κ3) is 5.45. The van der Waals surface area contributed by atoms with Crippen LogP contribution in [0.3, 0.4) is 0 Å². The molecule has 1 unspecified atom stereocenters. The van der Waals surface area contributed by atoms with E-state index < -0.39 is 0 Å². The van der Waals surface area contributed by atoms with E-state index in [4.69, 9.17) is 16.3 Å². The summed E-state index contributed by atoms with van der Waals surface area (Å²) >= 11 is 6.26. The van der Waals surface area contributed by atoms with Crippen LogP contribution in [0, 0.1) is 5.92 Å². The largest absolute Gasteiger partial charge is 0.491 e. The summed E-state index contributed by atoms with van der Waals surface area (Å²) in [6, 6.07) is 8.30. The van der Waals surface area contributed by atoms with Crippen LogP contribution in [0.2, 0.25) is 0 Å². The Kier molecular flexibility index (Phi) is 5.84. The van der Waals surface area contributed by atoms with Crippen molar-refractivity contribution >= 4 is 11.6 Å². The van der Waals surface area contributed by atoms with Crippen molar-refractivity contribution in [3.8, 4) is 5.75 Å². The lowest BCUT2D eigenvalue weighted by atomic mass is 10.0. The zero-order valence-corrected chi connectivity index (χ0v) is 12.0. The molecule has 0 saturated carbocycles. The maximum absolute atomic E-state index is 6.26. The second kappa shape index (κ2) is 6.90. The van der Waals surface area contributed by atoms with E-state index in [1.54, 1.807) is 0 Å². The molecule has 0 bridgehead atoms. The molecular weight excluding hydrogens is 232 g/mol. The van der Waals surface area contributed by atoms with Gasteiger partial charge in [-0.3, -0.25) is 0 Å². The zero-order chi connectivity index (χ0) is 12.8. The number of rotatable bonds is 6. The van der Waals surface area contributed by atoms with Gasteiger partial charge in [-0.15, -0.1) is 11.6 Å². The van der Waals surface area contributed by atoms with Gasteiger partial charge in [0.05, 0.1) is 6.10 Å². The van der Waals surface area contributed by atoms with Gasteiger partial charge in [-0.2, -0.15) is 0 Å². The summed E-state index contributed by atoms with van der Waals surface area (Å²) in [5.41, 5.74) is 1.30. The van der Waals surface area contributed by atoms with Gasteiger partial charge in [0.25, 0.3) is 0 Å². The van der Waals surface area contributed by atoms with Crippen LogP contribution in [-0.2, 0) is 6.42 Å². The molecule has 0 N–H and O–H groups in total. The van der Waals surface area contributed by atoms with E-state index >= 15 is 0 Å². The lowest BCUT2D eigenvalue weighted by Crippen LogP contribution is -2.09. The minimum atomic E-state index is 0.224. The van der Waals surface area contributed by atoms with Crippen molar-refractivity contribution in [2.75, 3.05) is 0 Å². The molecule has 2 heteroatoms. The Hall–Kier alpha value is -0.690. The molecule has 0 aliphatic carbocycles. The highest BCUT2D eigenvalue weighted by Crippen LogP contribution is 2.20. The van der Waals surface area contributed by atoms with Crippen molar-refractivity contribution in [3.63, 3.8) is 0 Å². The minimum Gasteiger partial charge on any atom is -0.491 e. The maximum Gasteiger partial charge on any atom is 0.119 e. The lowest BCUT2D eigenvalue weighted by molar-refractivity contribution is 0.242. The van der Waals surface area contributed by atoms with Crippen LogP contribution in [0.1, 0.15) is 39.7 Å². The van der Waals surface area contributed by atoms with Gasteiger partial charge >= 0.3 is 0 Å². The first-order chi connectivity index (χ1) is 7.99. The first-order valence-electron chi connectivity index (χ1n) is 6.38. The third-order valence-electron chi connectivity index (χ3n) is 2.70. The molecule has 0 heterocycles. The monoisotopic (exact) mass is 254 g/mol. The Morgan fingerprint density at radius 3 is 2.47 bits per heavy atom. The summed E-state index contributed by atoms with van der Waals surface area (Å²) in [6.45, 7) is 8.41. The maximum atomic E-state index is 6.26. The SMILES string of the molecule is CC(C)Oc1cccc(CCC(Cl)C(C)C)c1. The number of ether oxygens (including phenoxy) is 1. The molecule has 1 rings (SSSR count). The second-order valence-corrected chi connectivity index (χ2v) is 5.67. The van der Waals surface area contributed by atoms with Crippen molar-refractivity contribution < 1.29 is 4.74 Å². The highest BCUT2D eigenvalue weighted by Gasteiger charge is 2.09. The van der Waals surface area contributed by atoms with E-state index in [0.717, 1.165) is 18.6 Å². The third-order valence-corrected chi connectivity index (χ3v) is 3.42. The molecule has 1 nitrogen and oxygen atoms in total. The molecule has 1 aromatic rings. The lowest BCUT2D eigenvalue weighted by Gasteiger charge is -2.14. The van der Waals surface area contributed by atoms with Crippen LogP contribution >= 0.6 is 11.6 Å². The van der Waals surface area contributed by atoms with E-state index in [-0.39, 0.29) is 11.5 Å². The Morgan fingerprint density at radius 2 is 1.88 bits per heavy atom. The first-order valence-corrected chi connectivity index (χ1v) is 6.82. The Morgan fingerprint density at radius 1 is 1.18 bits per heavy atom. The van der Waals surface area contributed by atoms with E-state index in [2.05, 4.69) is 26.0 Å². The molecule has 17 heavy (non-hydrogen) atoms. The van der Waals surface area contributed by atoms with Gasteiger partial charge in [-0.25, -0.2) is 0 Å². The van der Waals surface area contributed by atoms with Gasteiger partial charge in [-0.1, -0.05) is 26.0 Å². The number of halogens is 1. The Bertz CT molecular complexity index is 333. The van der Waals surface area contributed by atoms with Crippen LogP contribution in [0.5, 0.6) is 5.75 Å². The number of alkyl halides is 1. The van der Waals surface area contributed by atoms with Crippen LogP contribution in [0.25, 0.3) is 0 Å². The average Bonchev–Trinajstić information content (AvgIpc) is 2.25. The van der Waals surface area contributed by atoms with Gasteiger partial charge in [0, 0.05) is 5.38 Å². The fraction of sp³-hybridized carbons (Fsp3) is 0.600. The number of hydrogen-bond acceptors (Lipinski definition) is 1. The molecule has 96 valence electrons. The highest BCUT2D eigenvalue weighted by atomic mass is 35.5. The quantitative estimate of drug-likeness (QED) is 0.671. The molecule has 0 radical (unpaired) electrons. The molecule has 1 atom stereocenters.